The van der Waals surface area contributed by atoms with Gasteiger partial charge in [0.25, 0.3) is 0 Å². The molecule has 5 heteroatoms. The minimum absolute atomic E-state index is 0.0158. The van der Waals surface area contributed by atoms with Gasteiger partial charge in [-0.2, -0.15) is 0 Å². The molecule has 0 radical (unpaired) electrons. The van der Waals surface area contributed by atoms with Gasteiger partial charge in [0.05, 0.1) is 0 Å². The molecule has 0 unspecified atom stereocenters. The second-order valence-corrected chi connectivity index (χ2v) is 6.68. The number of pyridine rings is 1. The molecule has 1 amide bonds. The molecular formula is C16H19N3O2. The quantitative estimate of drug-likeness (QED) is 0.939. The Bertz CT molecular complexity index is 643. The van der Waals surface area contributed by atoms with Crippen molar-refractivity contribution in [2.24, 2.45) is 16.7 Å². The van der Waals surface area contributed by atoms with Crippen LogP contribution in [0, 0.1) is 16.7 Å². The third kappa shape index (κ3) is 2.13. The Hall–Kier alpha value is -2.17. The van der Waals surface area contributed by atoms with E-state index in [0.717, 1.165) is 11.3 Å². The molecule has 110 valence electrons. The second kappa shape index (κ2) is 4.41. The van der Waals surface area contributed by atoms with Gasteiger partial charge in [-0.1, -0.05) is 32.9 Å². The van der Waals surface area contributed by atoms with Crippen LogP contribution in [0.5, 0.6) is 0 Å². The molecule has 2 aromatic rings. The van der Waals surface area contributed by atoms with Crippen LogP contribution in [0.15, 0.2) is 35.2 Å². The molecule has 5 nitrogen and oxygen atoms in total. The molecule has 3 rings (SSSR count). The van der Waals surface area contributed by atoms with Crippen molar-refractivity contribution < 1.29 is 9.32 Å². The lowest BCUT2D eigenvalue weighted by molar-refractivity contribution is -0.118. The lowest BCUT2D eigenvalue weighted by atomic mass is 10.0. The molecule has 0 bridgehead atoms. The number of aromatic nitrogens is 2. The normalized spacial score (nSPS) is 19.2. The van der Waals surface area contributed by atoms with Crippen LogP contribution in [-0.4, -0.2) is 16.0 Å². The third-order valence-corrected chi connectivity index (χ3v) is 5.03. The lowest BCUT2D eigenvalue weighted by Gasteiger charge is -2.06. The highest BCUT2D eigenvalue weighted by molar-refractivity contribution is 5.95. The molecule has 1 N–H and O–H groups in total. The van der Waals surface area contributed by atoms with Gasteiger partial charge in [0, 0.05) is 23.7 Å². The standard InChI is InChI=1S/C16H19N3O2/c1-15(2)13(16(15,3)4)14(20)18-12-6-5-10(9-17-12)11-7-8-21-19-11/h5-9,13H,1-4H3,(H,17,18,20). The Morgan fingerprint density at radius 2 is 1.90 bits per heavy atom. The SMILES string of the molecule is CC1(C)C(C(=O)Nc2ccc(-c3ccon3)cn2)C1(C)C. The second-order valence-electron chi connectivity index (χ2n) is 6.68. The smallest absolute Gasteiger partial charge is 0.229 e. The summed E-state index contributed by atoms with van der Waals surface area (Å²) in [5, 5.41) is 6.74. The van der Waals surface area contributed by atoms with E-state index in [-0.39, 0.29) is 22.7 Å². The molecule has 0 atom stereocenters. The summed E-state index contributed by atoms with van der Waals surface area (Å²) in [6.07, 6.45) is 3.19. The number of hydrogen-bond donors (Lipinski definition) is 1. The van der Waals surface area contributed by atoms with Crippen molar-refractivity contribution in [1.82, 2.24) is 10.1 Å². The molecule has 0 spiro atoms. The monoisotopic (exact) mass is 285 g/mol. The minimum atomic E-state index is 0.0158. The Balaban J connectivity index is 1.71. The Labute approximate surface area is 123 Å². The fourth-order valence-corrected chi connectivity index (χ4v) is 3.03. The predicted molar refractivity (Wildman–Crippen MR) is 79.4 cm³/mol. The number of anilines is 1. The Kier molecular flexibility index (Phi) is 2.90. The van der Waals surface area contributed by atoms with Gasteiger partial charge < -0.3 is 9.84 Å². The maximum atomic E-state index is 12.3. The van der Waals surface area contributed by atoms with E-state index in [1.165, 1.54) is 6.26 Å². The molecule has 2 heterocycles. The van der Waals surface area contributed by atoms with Gasteiger partial charge in [-0.3, -0.25) is 4.79 Å². The van der Waals surface area contributed by atoms with E-state index in [2.05, 4.69) is 43.2 Å². The molecule has 0 saturated heterocycles. The van der Waals surface area contributed by atoms with E-state index in [4.69, 9.17) is 4.52 Å². The maximum absolute atomic E-state index is 12.3. The molecule has 21 heavy (non-hydrogen) atoms. The first kappa shape index (κ1) is 13.8. The maximum Gasteiger partial charge on any atom is 0.229 e. The number of rotatable bonds is 3. The minimum Gasteiger partial charge on any atom is -0.364 e. The van der Waals surface area contributed by atoms with Gasteiger partial charge in [-0.25, -0.2) is 4.98 Å². The van der Waals surface area contributed by atoms with Gasteiger partial charge in [0.2, 0.25) is 5.91 Å². The van der Waals surface area contributed by atoms with E-state index in [1.807, 2.05) is 6.07 Å². The average molecular weight is 285 g/mol. The first-order valence-electron chi connectivity index (χ1n) is 7.02. The first-order valence-corrected chi connectivity index (χ1v) is 7.02. The van der Waals surface area contributed by atoms with E-state index >= 15 is 0 Å². The molecule has 1 aliphatic carbocycles. The average Bonchev–Trinajstić information content (AvgIpc) is 2.80. The molecular weight excluding hydrogens is 266 g/mol. The van der Waals surface area contributed by atoms with E-state index in [0.29, 0.717) is 5.82 Å². The first-order chi connectivity index (χ1) is 9.84. The summed E-state index contributed by atoms with van der Waals surface area (Å²) in [6.45, 7) is 8.49. The summed E-state index contributed by atoms with van der Waals surface area (Å²) in [5.74, 6) is 0.611. The predicted octanol–water partition coefficient (Wildman–Crippen LogP) is 3.36. The van der Waals surface area contributed by atoms with Gasteiger partial charge in [-0.05, 0) is 23.0 Å². The summed E-state index contributed by atoms with van der Waals surface area (Å²) in [4.78, 5) is 16.6. The van der Waals surface area contributed by atoms with Crippen LogP contribution in [-0.2, 0) is 4.79 Å². The van der Waals surface area contributed by atoms with Gasteiger partial charge in [0.15, 0.2) is 0 Å². The van der Waals surface area contributed by atoms with Crippen LogP contribution >= 0.6 is 0 Å². The number of nitrogens with one attached hydrogen (secondary N) is 1. The molecule has 1 saturated carbocycles. The number of carbonyl (C=O) groups excluding carboxylic acids is 1. The summed E-state index contributed by atoms with van der Waals surface area (Å²) in [7, 11) is 0. The van der Waals surface area contributed by atoms with E-state index in [1.54, 1.807) is 18.3 Å². The van der Waals surface area contributed by atoms with Crippen LogP contribution in [0.2, 0.25) is 0 Å². The summed E-state index contributed by atoms with van der Waals surface area (Å²) in [6, 6.07) is 5.42. The van der Waals surface area contributed by atoms with Crippen molar-refractivity contribution in [1.29, 1.82) is 0 Å². The number of hydrogen-bond acceptors (Lipinski definition) is 4. The molecule has 1 aliphatic rings. The van der Waals surface area contributed by atoms with Crippen LogP contribution in [0.3, 0.4) is 0 Å². The van der Waals surface area contributed by atoms with E-state index in [9.17, 15) is 4.79 Å². The topological polar surface area (TPSA) is 68.0 Å². The zero-order valence-electron chi connectivity index (χ0n) is 12.7. The van der Waals surface area contributed by atoms with E-state index < -0.39 is 0 Å². The van der Waals surface area contributed by atoms with Gasteiger partial charge in [-0.15, -0.1) is 0 Å². The number of nitrogens with zero attached hydrogens (tertiary/aromatic N) is 2. The fraction of sp³-hybridized carbons (Fsp3) is 0.438. The highest BCUT2D eigenvalue weighted by atomic mass is 16.5. The molecule has 0 aliphatic heterocycles. The number of carbonyl (C=O) groups is 1. The summed E-state index contributed by atoms with van der Waals surface area (Å²) >= 11 is 0. The fourth-order valence-electron chi connectivity index (χ4n) is 3.03. The van der Waals surface area contributed by atoms with Crippen molar-refractivity contribution >= 4 is 11.7 Å². The van der Waals surface area contributed by atoms with Crippen molar-refractivity contribution in [2.75, 3.05) is 5.32 Å². The highest BCUT2D eigenvalue weighted by Crippen LogP contribution is 2.68. The summed E-state index contributed by atoms with van der Waals surface area (Å²) in [5.41, 5.74) is 1.63. The molecule has 0 aromatic carbocycles. The third-order valence-electron chi connectivity index (χ3n) is 5.03. The zero-order chi connectivity index (χ0) is 15.3. The van der Waals surface area contributed by atoms with Gasteiger partial charge >= 0.3 is 0 Å². The van der Waals surface area contributed by atoms with Crippen LogP contribution in [0.1, 0.15) is 27.7 Å². The van der Waals surface area contributed by atoms with Crippen LogP contribution in [0.25, 0.3) is 11.3 Å². The summed E-state index contributed by atoms with van der Waals surface area (Å²) < 4.78 is 4.80. The van der Waals surface area contributed by atoms with Gasteiger partial charge in [0.1, 0.15) is 17.8 Å². The van der Waals surface area contributed by atoms with Crippen LogP contribution < -0.4 is 5.32 Å². The van der Waals surface area contributed by atoms with Crippen molar-refractivity contribution in [2.45, 2.75) is 27.7 Å². The highest BCUT2D eigenvalue weighted by Gasteiger charge is 2.68. The Morgan fingerprint density at radius 3 is 2.38 bits per heavy atom. The Morgan fingerprint density at radius 1 is 1.19 bits per heavy atom. The van der Waals surface area contributed by atoms with Crippen molar-refractivity contribution in [3.8, 4) is 11.3 Å². The molecule has 1 fully saturated rings. The molecule has 2 aromatic heterocycles. The zero-order valence-corrected chi connectivity index (χ0v) is 12.7. The number of amides is 1. The van der Waals surface area contributed by atoms with Crippen LogP contribution in [0.4, 0.5) is 5.82 Å². The van der Waals surface area contributed by atoms with Crippen molar-refractivity contribution in [3.05, 3.63) is 30.7 Å². The largest absolute Gasteiger partial charge is 0.364 e. The van der Waals surface area contributed by atoms with Crippen molar-refractivity contribution in [3.63, 3.8) is 0 Å². The lowest BCUT2D eigenvalue weighted by Crippen LogP contribution is -2.18.